The Kier molecular flexibility index (Phi) is 4.80. The minimum absolute atomic E-state index is 0.0335. The number of fused-ring (bicyclic) bond motifs is 1. The second kappa shape index (κ2) is 7.00. The predicted molar refractivity (Wildman–Crippen MR) is 90.9 cm³/mol. The average Bonchev–Trinajstić information content (AvgIpc) is 3.26. The van der Waals surface area contributed by atoms with Crippen LogP contribution < -0.4 is 5.32 Å². The molecule has 0 saturated heterocycles. The van der Waals surface area contributed by atoms with Crippen LogP contribution in [0.15, 0.2) is 29.6 Å². The maximum atomic E-state index is 12.2. The van der Waals surface area contributed by atoms with Gasteiger partial charge in [-0.25, -0.2) is 4.79 Å². The Morgan fingerprint density at radius 2 is 2.04 bits per heavy atom. The zero-order valence-electron chi connectivity index (χ0n) is 13.3. The smallest absolute Gasteiger partial charge is 0.340 e. The molecule has 0 atom stereocenters. The first kappa shape index (κ1) is 16.4. The van der Waals surface area contributed by atoms with Crippen LogP contribution in [0.25, 0.3) is 10.1 Å². The Balaban J connectivity index is 1.51. The first-order chi connectivity index (χ1) is 11.5. The van der Waals surface area contributed by atoms with Crippen molar-refractivity contribution in [1.82, 2.24) is 10.2 Å². The number of ether oxygens (including phenoxy) is 1. The van der Waals surface area contributed by atoms with Gasteiger partial charge in [0.2, 0.25) is 5.91 Å². The molecule has 126 valence electrons. The standard InChI is InChI=1S/C17H18N2O4S/c1-19(8-15(20)18-11-6-7-11)16(21)9-23-17(22)13-10-24-14-5-3-2-4-12(13)14/h2-5,10-11H,6-9H2,1H3,(H,18,20). The molecular formula is C17H18N2O4S. The van der Waals surface area contributed by atoms with Crippen molar-refractivity contribution in [3.63, 3.8) is 0 Å². The highest BCUT2D eigenvalue weighted by Gasteiger charge is 2.24. The number of likely N-dealkylation sites (N-methyl/N-ethyl adjacent to an activating group) is 1. The lowest BCUT2D eigenvalue weighted by molar-refractivity contribution is -0.137. The molecule has 2 aromatic rings. The van der Waals surface area contributed by atoms with Gasteiger partial charge in [-0.1, -0.05) is 18.2 Å². The summed E-state index contributed by atoms with van der Waals surface area (Å²) in [6.07, 6.45) is 1.99. The number of hydrogen-bond acceptors (Lipinski definition) is 5. The minimum atomic E-state index is -0.531. The molecule has 1 saturated carbocycles. The number of esters is 1. The highest BCUT2D eigenvalue weighted by molar-refractivity contribution is 7.17. The monoisotopic (exact) mass is 346 g/mol. The van der Waals surface area contributed by atoms with Crippen LogP contribution in [0, 0.1) is 0 Å². The van der Waals surface area contributed by atoms with Crippen molar-refractivity contribution >= 4 is 39.2 Å². The van der Waals surface area contributed by atoms with E-state index in [2.05, 4.69) is 5.32 Å². The summed E-state index contributed by atoms with van der Waals surface area (Å²) >= 11 is 1.45. The number of rotatable bonds is 6. The van der Waals surface area contributed by atoms with Gasteiger partial charge in [0.05, 0.1) is 12.1 Å². The largest absolute Gasteiger partial charge is 0.452 e. The van der Waals surface area contributed by atoms with Crippen LogP contribution in [0.1, 0.15) is 23.2 Å². The Morgan fingerprint density at radius 3 is 2.79 bits per heavy atom. The van der Waals surface area contributed by atoms with Gasteiger partial charge in [0.1, 0.15) is 0 Å². The molecule has 1 aliphatic carbocycles. The van der Waals surface area contributed by atoms with Gasteiger partial charge in [0.25, 0.3) is 5.91 Å². The van der Waals surface area contributed by atoms with Crippen LogP contribution in [0.3, 0.4) is 0 Å². The molecule has 0 aliphatic heterocycles. The summed E-state index contributed by atoms with van der Waals surface area (Å²) in [5.74, 6) is -1.13. The van der Waals surface area contributed by atoms with Crippen molar-refractivity contribution < 1.29 is 19.1 Å². The first-order valence-electron chi connectivity index (χ1n) is 7.71. The molecule has 3 rings (SSSR count). The van der Waals surface area contributed by atoms with E-state index >= 15 is 0 Å². The maximum Gasteiger partial charge on any atom is 0.340 e. The Morgan fingerprint density at radius 1 is 1.29 bits per heavy atom. The van der Waals surface area contributed by atoms with E-state index < -0.39 is 11.9 Å². The molecule has 0 unspecified atom stereocenters. The topological polar surface area (TPSA) is 75.7 Å². The highest BCUT2D eigenvalue weighted by atomic mass is 32.1. The van der Waals surface area contributed by atoms with Gasteiger partial charge in [0.15, 0.2) is 6.61 Å². The SMILES string of the molecule is CN(CC(=O)NC1CC1)C(=O)COC(=O)c1csc2ccccc12. The van der Waals surface area contributed by atoms with Gasteiger partial charge < -0.3 is 15.0 Å². The van der Waals surface area contributed by atoms with E-state index in [1.807, 2.05) is 24.3 Å². The highest BCUT2D eigenvalue weighted by Crippen LogP contribution is 2.26. The van der Waals surface area contributed by atoms with Gasteiger partial charge in [-0.15, -0.1) is 11.3 Å². The van der Waals surface area contributed by atoms with Crippen molar-refractivity contribution in [3.8, 4) is 0 Å². The zero-order valence-corrected chi connectivity index (χ0v) is 14.1. The van der Waals surface area contributed by atoms with E-state index in [0.717, 1.165) is 22.9 Å². The average molecular weight is 346 g/mol. The third-order valence-corrected chi connectivity index (χ3v) is 4.74. The lowest BCUT2D eigenvalue weighted by Crippen LogP contribution is -2.40. The summed E-state index contributed by atoms with van der Waals surface area (Å²) in [6, 6.07) is 7.78. The second-order valence-corrected chi connectivity index (χ2v) is 6.72. The lowest BCUT2D eigenvalue weighted by Gasteiger charge is -2.16. The Bertz CT molecular complexity index is 782. The van der Waals surface area contributed by atoms with Crippen molar-refractivity contribution in [1.29, 1.82) is 0 Å². The summed E-state index contributed by atoms with van der Waals surface area (Å²) < 4.78 is 6.09. The molecule has 6 nitrogen and oxygen atoms in total. The van der Waals surface area contributed by atoms with E-state index in [-0.39, 0.29) is 25.1 Å². The molecule has 24 heavy (non-hydrogen) atoms. The summed E-state index contributed by atoms with van der Waals surface area (Å²) in [4.78, 5) is 37.1. The number of amides is 2. The van der Waals surface area contributed by atoms with E-state index in [9.17, 15) is 14.4 Å². The van der Waals surface area contributed by atoms with Gasteiger partial charge in [-0.05, 0) is 18.9 Å². The molecule has 1 heterocycles. The molecular weight excluding hydrogens is 328 g/mol. The quantitative estimate of drug-likeness (QED) is 0.809. The number of benzene rings is 1. The first-order valence-corrected chi connectivity index (χ1v) is 8.59. The van der Waals surface area contributed by atoms with Crippen molar-refractivity contribution in [2.45, 2.75) is 18.9 Å². The van der Waals surface area contributed by atoms with Crippen molar-refractivity contribution in [2.75, 3.05) is 20.2 Å². The van der Waals surface area contributed by atoms with Gasteiger partial charge in [-0.3, -0.25) is 9.59 Å². The molecule has 1 N–H and O–H groups in total. The van der Waals surface area contributed by atoms with Crippen LogP contribution in [0.2, 0.25) is 0 Å². The van der Waals surface area contributed by atoms with Crippen LogP contribution >= 0.6 is 11.3 Å². The van der Waals surface area contributed by atoms with Gasteiger partial charge >= 0.3 is 5.97 Å². The third kappa shape index (κ3) is 3.91. The molecule has 1 aromatic heterocycles. The number of thiophene rings is 1. The summed E-state index contributed by atoms with van der Waals surface area (Å²) in [6.45, 7) is -0.412. The molecule has 0 bridgehead atoms. The summed E-state index contributed by atoms with van der Waals surface area (Å²) in [7, 11) is 1.52. The number of carbonyl (C=O) groups is 3. The van der Waals surface area contributed by atoms with Crippen molar-refractivity contribution in [2.24, 2.45) is 0 Å². The zero-order chi connectivity index (χ0) is 17.1. The molecule has 2 amide bonds. The molecule has 0 spiro atoms. The number of hydrogen-bond donors (Lipinski definition) is 1. The maximum absolute atomic E-state index is 12.2. The molecule has 1 aromatic carbocycles. The van der Waals surface area contributed by atoms with Crippen LogP contribution in [-0.4, -0.2) is 48.9 Å². The fourth-order valence-electron chi connectivity index (χ4n) is 2.26. The number of carbonyl (C=O) groups excluding carboxylic acids is 3. The third-order valence-electron chi connectivity index (χ3n) is 3.78. The van der Waals surface area contributed by atoms with Crippen LogP contribution in [0.5, 0.6) is 0 Å². The van der Waals surface area contributed by atoms with Crippen LogP contribution in [0.4, 0.5) is 0 Å². The van der Waals surface area contributed by atoms with E-state index in [1.54, 1.807) is 5.38 Å². The fraction of sp³-hybridized carbons (Fsp3) is 0.353. The molecule has 0 radical (unpaired) electrons. The normalized spacial score (nSPS) is 13.5. The number of nitrogens with one attached hydrogen (secondary N) is 1. The lowest BCUT2D eigenvalue weighted by atomic mass is 10.2. The van der Waals surface area contributed by atoms with E-state index in [0.29, 0.717) is 5.56 Å². The predicted octanol–water partition coefficient (Wildman–Crippen LogP) is 1.80. The van der Waals surface area contributed by atoms with Crippen molar-refractivity contribution in [3.05, 3.63) is 35.2 Å². The summed E-state index contributed by atoms with van der Waals surface area (Å²) in [5, 5.41) is 5.35. The molecule has 1 aliphatic rings. The second-order valence-electron chi connectivity index (χ2n) is 5.81. The van der Waals surface area contributed by atoms with E-state index in [1.165, 1.54) is 23.3 Å². The van der Waals surface area contributed by atoms with Gasteiger partial charge in [0, 0.05) is 28.6 Å². The molecule has 7 heteroatoms. The fourth-order valence-corrected chi connectivity index (χ4v) is 3.19. The van der Waals surface area contributed by atoms with Gasteiger partial charge in [-0.2, -0.15) is 0 Å². The molecule has 1 fully saturated rings. The Hall–Kier alpha value is -2.41. The Labute approximate surface area is 143 Å². The minimum Gasteiger partial charge on any atom is -0.452 e. The summed E-state index contributed by atoms with van der Waals surface area (Å²) in [5.41, 5.74) is 0.456. The van der Waals surface area contributed by atoms with E-state index in [4.69, 9.17) is 4.74 Å². The number of nitrogens with zero attached hydrogens (tertiary/aromatic N) is 1. The van der Waals surface area contributed by atoms with Crippen LogP contribution in [-0.2, 0) is 14.3 Å².